The molecule has 0 spiro atoms. The molecule has 5 heterocycles. The molecule has 0 saturated heterocycles. The third kappa shape index (κ3) is 2.62. The summed E-state index contributed by atoms with van der Waals surface area (Å²) < 4.78 is 3.12. The first-order valence-corrected chi connectivity index (χ1v) is 11.3. The number of hydrogen-bond acceptors (Lipinski definition) is 7. The van der Waals surface area contributed by atoms with Crippen molar-refractivity contribution in [1.29, 1.82) is 0 Å². The van der Waals surface area contributed by atoms with E-state index >= 15 is 0 Å². The van der Waals surface area contributed by atoms with Crippen LogP contribution in [-0.4, -0.2) is 43.5 Å². The number of fused-ring (bicyclic) bond motifs is 2. The third-order valence-corrected chi connectivity index (χ3v) is 8.20. The molecule has 6 rings (SSSR count). The van der Waals surface area contributed by atoms with Gasteiger partial charge < -0.3 is 0 Å². The van der Waals surface area contributed by atoms with Crippen LogP contribution in [-0.2, 0) is 0 Å². The maximum absolute atomic E-state index is 5.00. The van der Waals surface area contributed by atoms with Crippen molar-refractivity contribution in [3.05, 3.63) is 30.6 Å². The molecule has 7 nitrogen and oxygen atoms in total. The maximum Gasteiger partial charge on any atom is 0.177 e. The highest BCUT2D eigenvalue weighted by Gasteiger charge is 2.24. The zero-order valence-corrected chi connectivity index (χ0v) is 17.6. The zero-order chi connectivity index (χ0) is 20.2. The molecular weight excluding hydrogens is 414 g/mol. The van der Waals surface area contributed by atoms with Crippen LogP contribution in [0.15, 0.2) is 44.8 Å². The van der Waals surface area contributed by atoms with Crippen LogP contribution in [0.3, 0.4) is 0 Å². The predicted octanol–water partition coefficient (Wildman–Crippen LogP) is 5.80. The molecule has 5 aromatic rings. The van der Waals surface area contributed by atoms with Crippen molar-refractivity contribution in [2.75, 3.05) is 0 Å². The van der Waals surface area contributed by atoms with E-state index in [1.54, 1.807) is 17.5 Å². The second-order valence-electron chi connectivity index (χ2n) is 7.29. The average molecular weight is 432 g/mol. The number of H-pyrrole nitrogens is 1. The average Bonchev–Trinajstić information content (AvgIpc) is 3.36. The number of nitrogens with zero attached hydrogens (tertiary/aromatic N) is 6. The molecule has 5 aromatic heterocycles. The summed E-state index contributed by atoms with van der Waals surface area (Å²) in [4.78, 5) is 18.3. The highest BCUT2D eigenvalue weighted by Crippen LogP contribution is 2.46. The second kappa shape index (κ2) is 6.75. The van der Waals surface area contributed by atoms with Crippen LogP contribution in [0.4, 0.5) is 11.5 Å². The Bertz CT molecular complexity index is 1450. The normalized spacial score (nSPS) is 14.5. The summed E-state index contributed by atoms with van der Waals surface area (Å²) in [7, 11) is 0. The van der Waals surface area contributed by atoms with Gasteiger partial charge in [0.25, 0.3) is 0 Å². The first kappa shape index (κ1) is 17.8. The van der Waals surface area contributed by atoms with Crippen molar-refractivity contribution in [2.24, 2.45) is 9.98 Å². The molecule has 0 radical (unpaired) electrons. The number of rotatable bonds is 5. The fraction of sp³-hybridized carbons (Fsp3) is 0.190. The van der Waals surface area contributed by atoms with Gasteiger partial charge in [-0.2, -0.15) is 9.73 Å². The molecule has 0 aliphatic heterocycles. The lowest BCUT2D eigenvalue weighted by Gasteiger charge is -2.23. The second-order valence-corrected chi connectivity index (χ2v) is 9.86. The highest BCUT2D eigenvalue weighted by molar-refractivity contribution is 8.02. The van der Waals surface area contributed by atoms with Crippen molar-refractivity contribution >= 4 is 74.7 Å². The van der Waals surface area contributed by atoms with E-state index in [-0.39, 0.29) is 0 Å². The smallest absolute Gasteiger partial charge is 0.177 e. The van der Waals surface area contributed by atoms with E-state index in [4.69, 9.17) is 4.98 Å². The molecule has 0 amide bonds. The quantitative estimate of drug-likeness (QED) is 0.357. The number of thiophene rings is 1. The van der Waals surface area contributed by atoms with Gasteiger partial charge in [-0.1, -0.05) is 6.42 Å². The summed E-state index contributed by atoms with van der Waals surface area (Å²) in [6.07, 6.45) is 7.46. The van der Waals surface area contributed by atoms with Crippen molar-refractivity contribution < 1.29 is 0 Å². The van der Waals surface area contributed by atoms with Crippen molar-refractivity contribution in [2.45, 2.75) is 28.7 Å². The third-order valence-electron chi connectivity index (χ3n) is 5.56. The van der Waals surface area contributed by atoms with E-state index in [1.807, 2.05) is 34.7 Å². The van der Waals surface area contributed by atoms with E-state index in [9.17, 15) is 0 Å². The molecule has 0 aromatic carbocycles. The summed E-state index contributed by atoms with van der Waals surface area (Å²) in [6, 6.07) is 6.03. The van der Waals surface area contributed by atoms with Gasteiger partial charge in [0.15, 0.2) is 5.82 Å². The van der Waals surface area contributed by atoms with Gasteiger partial charge in [0.2, 0.25) is 0 Å². The van der Waals surface area contributed by atoms with Gasteiger partial charge in [-0.05, 0) is 44.5 Å². The van der Waals surface area contributed by atoms with Crippen LogP contribution in [0.2, 0.25) is 0 Å². The molecule has 1 aliphatic carbocycles. The van der Waals surface area contributed by atoms with Crippen LogP contribution >= 0.6 is 23.1 Å². The molecule has 1 saturated carbocycles. The Kier molecular flexibility index (Phi) is 4.00. The van der Waals surface area contributed by atoms with Gasteiger partial charge in [-0.15, -0.1) is 23.1 Å². The predicted molar refractivity (Wildman–Crippen MR) is 125 cm³/mol. The number of pyridine rings is 2. The molecule has 1 aliphatic rings. The summed E-state index contributed by atoms with van der Waals surface area (Å²) in [5.41, 5.74) is 4.45. The number of thioether (sulfide) groups is 1. The zero-order valence-electron chi connectivity index (χ0n) is 16.0. The van der Waals surface area contributed by atoms with Crippen LogP contribution < -0.4 is 0 Å². The molecule has 0 unspecified atom stereocenters. The van der Waals surface area contributed by atoms with Gasteiger partial charge in [0.05, 0.1) is 27.1 Å². The van der Waals surface area contributed by atoms with Crippen LogP contribution in [0.1, 0.15) is 19.3 Å². The summed E-state index contributed by atoms with van der Waals surface area (Å²) in [5.74, 6) is 0.469. The largest absolute Gasteiger partial charge is 0.275 e. The monoisotopic (exact) mass is 431 g/mol. The lowest BCUT2D eigenvalue weighted by atomic mass is 10.0. The Balaban J connectivity index is 1.62. The molecule has 30 heavy (non-hydrogen) atoms. The minimum Gasteiger partial charge on any atom is -0.275 e. The minimum atomic E-state index is 0.469. The lowest BCUT2D eigenvalue weighted by Crippen LogP contribution is -2.12. The van der Waals surface area contributed by atoms with Gasteiger partial charge in [0.1, 0.15) is 10.5 Å². The highest BCUT2D eigenvalue weighted by atomic mass is 32.2. The number of nitrogens with one attached hydrogen (secondary N) is 1. The van der Waals surface area contributed by atoms with Crippen LogP contribution in [0.5, 0.6) is 0 Å². The fourth-order valence-corrected chi connectivity index (χ4v) is 6.64. The lowest BCUT2D eigenvalue weighted by molar-refractivity contribution is 0.522. The number of aliphatic imine (C=N–C) groups is 2. The number of hydrogen-bond donors (Lipinski definition) is 1. The van der Waals surface area contributed by atoms with Crippen molar-refractivity contribution in [1.82, 2.24) is 24.8 Å². The van der Waals surface area contributed by atoms with E-state index in [0.29, 0.717) is 16.8 Å². The number of aromatic amines is 1. The van der Waals surface area contributed by atoms with Gasteiger partial charge >= 0.3 is 0 Å². The summed E-state index contributed by atoms with van der Waals surface area (Å²) >= 11 is 3.70. The molecule has 0 bridgehead atoms. The van der Waals surface area contributed by atoms with Gasteiger partial charge in [-0.3, -0.25) is 10.1 Å². The van der Waals surface area contributed by atoms with E-state index in [2.05, 4.69) is 44.7 Å². The molecule has 148 valence electrons. The topological polar surface area (TPSA) is 83.6 Å². The Morgan fingerprint density at radius 1 is 1.23 bits per heavy atom. The molecule has 1 fully saturated rings. The van der Waals surface area contributed by atoms with E-state index in [0.717, 1.165) is 37.9 Å². The van der Waals surface area contributed by atoms with E-state index in [1.165, 1.54) is 23.5 Å². The molecule has 1 N–H and O–H groups in total. The summed E-state index contributed by atoms with van der Waals surface area (Å²) in [6.45, 7) is 7.18. The SMILES string of the molecule is C=Nc1cc(-c2cc3c4c(n2)sc(SC2CCC2)c4[nH]n2nccc32)cnc1N=C. The minimum absolute atomic E-state index is 0.469. The molecular formula is C21H17N7S2. The standard InChI is InChI=1S/C21H17N7S2/c1-22-15-8-11(10-24-19(15)23-2)14-9-13-16-6-7-25-28(16)27-18-17(13)20(26-14)30-21(18)29-12-4-3-5-12/h6-10,12,27H,1-5H2. The first-order valence-electron chi connectivity index (χ1n) is 9.64. The molecule has 0 atom stereocenters. The summed E-state index contributed by atoms with van der Waals surface area (Å²) in [5, 5.41) is 10.9. The van der Waals surface area contributed by atoms with Crippen LogP contribution in [0.25, 0.3) is 37.9 Å². The Morgan fingerprint density at radius 3 is 2.90 bits per heavy atom. The maximum atomic E-state index is 5.00. The Morgan fingerprint density at radius 2 is 2.13 bits per heavy atom. The molecule has 9 heteroatoms. The van der Waals surface area contributed by atoms with Crippen LogP contribution in [0, 0.1) is 0 Å². The Labute approximate surface area is 180 Å². The Hall–Kier alpha value is -3.04. The van der Waals surface area contributed by atoms with Crippen molar-refractivity contribution in [3.8, 4) is 11.3 Å². The van der Waals surface area contributed by atoms with Crippen molar-refractivity contribution in [3.63, 3.8) is 0 Å². The van der Waals surface area contributed by atoms with Gasteiger partial charge in [-0.25, -0.2) is 15.0 Å². The van der Waals surface area contributed by atoms with Gasteiger partial charge in [0, 0.05) is 27.8 Å². The fourth-order valence-electron chi connectivity index (χ4n) is 3.78. The first-order chi connectivity index (χ1) is 14.7. The van der Waals surface area contributed by atoms with E-state index < -0.39 is 0 Å². The number of aromatic nitrogens is 5.